The smallest absolute Gasteiger partial charge is 0.417 e. The first-order valence-corrected chi connectivity index (χ1v) is 13.6. The highest BCUT2D eigenvalue weighted by molar-refractivity contribution is 6.99. The number of hydrogen-bond donors (Lipinski definition) is 0. The minimum absolute atomic E-state index is 0.0109. The van der Waals surface area contributed by atoms with Gasteiger partial charge in [-0.05, 0) is 42.1 Å². The molecular formula is C27H37NO4Si. The van der Waals surface area contributed by atoms with Gasteiger partial charge in [0.25, 0.3) is 8.32 Å². The molecule has 1 saturated heterocycles. The van der Waals surface area contributed by atoms with Crippen LogP contribution in [0.4, 0.5) is 4.79 Å². The van der Waals surface area contributed by atoms with Gasteiger partial charge in [-0.3, -0.25) is 4.79 Å². The lowest BCUT2D eigenvalue weighted by molar-refractivity contribution is -0.128. The van der Waals surface area contributed by atoms with Crippen molar-refractivity contribution in [1.82, 2.24) is 4.90 Å². The molecule has 5 nitrogen and oxygen atoms in total. The predicted molar refractivity (Wildman–Crippen MR) is 134 cm³/mol. The summed E-state index contributed by atoms with van der Waals surface area (Å²) in [7, 11) is -2.77. The van der Waals surface area contributed by atoms with E-state index in [-0.39, 0.29) is 29.5 Å². The molecule has 1 aliphatic rings. The lowest BCUT2D eigenvalue weighted by atomic mass is 10.0. The molecule has 33 heavy (non-hydrogen) atoms. The summed E-state index contributed by atoms with van der Waals surface area (Å²) >= 11 is 0. The number of carbonyl (C=O) groups excluding carboxylic acids is 2. The molecule has 0 spiro atoms. The van der Waals surface area contributed by atoms with Gasteiger partial charge in [0, 0.05) is 6.42 Å². The zero-order valence-corrected chi connectivity index (χ0v) is 21.9. The summed E-state index contributed by atoms with van der Waals surface area (Å²) in [6.45, 7) is 14.4. The van der Waals surface area contributed by atoms with E-state index in [4.69, 9.17) is 9.16 Å². The largest absolute Gasteiger partial charge is 0.443 e. The fourth-order valence-electron chi connectivity index (χ4n) is 4.71. The maximum atomic E-state index is 12.9. The van der Waals surface area contributed by atoms with Crippen molar-refractivity contribution in [2.24, 2.45) is 5.92 Å². The van der Waals surface area contributed by atoms with Crippen LogP contribution in [0.5, 0.6) is 0 Å². The van der Waals surface area contributed by atoms with Crippen molar-refractivity contribution in [3.8, 4) is 0 Å². The van der Waals surface area contributed by atoms with E-state index in [0.717, 1.165) is 0 Å². The lowest BCUT2D eigenvalue weighted by Crippen LogP contribution is -2.67. The first kappa shape index (κ1) is 25.2. The van der Waals surface area contributed by atoms with Crippen LogP contribution in [-0.2, 0) is 14.0 Å². The van der Waals surface area contributed by atoms with Crippen LogP contribution in [0.2, 0.25) is 5.04 Å². The average molecular weight is 468 g/mol. The number of rotatable bonds is 5. The first-order valence-electron chi connectivity index (χ1n) is 11.7. The van der Waals surface area contributed by atoms with Crippen LogP contribution in [0, 0.1) is 5.92 Å². The van der Waals surface area contributed by atoms with Gasteiger partial charge in [0.15, 0.2) is 0 Å². The van der Waals surface area contributed by atoms with Gasteiger partial charge in [0.2, 0.25) is 5.91 Å². The Morgan fingerprint density at radius 2 is 1.42 bits per heavy atom. The van der Waals surface area contributed by atoms with E-state index >= 15 is 0 Å². The maximum absolute atomic E-state index is 12.9. The normalized spacial score (nSPS) is 19.6. The summed E-state index contributed by atoms with van der Waals surface area (Å²) in [5.41, 5.74) is -0.674. The van der Waals surface area contributed by atoms with Crippen molar-refractivity contribution in [3.63, 3.8) is 0 Å². The summed E-state index contributed by atoms with van der Waals surface area (Å²) in [4.78, 5) is 27.0. The second-order valence-corrected chi connectivity index (χ2v) is 15.3. The zero-order valence-electron chi connectivity index (χ0n) is 20.9. The summed E-state index contributed by atoms with van der Waals surface area (Å²) < 4.78 is 12.6. The Hall–Kier alpha value is -2.44. The van der Waals surface area contributed by atoms with Gasteiger partial charge in [-0.25, -0.2) is 9.69 Å². The highest BCUT2D eigenvalue weighted by Crippen LogP contribution is 2.38. The fraction of sp³-hybridized carbons (Fsp3) is 0.481. The quantitative estimate of drug-likeness (QED) is 0.596. The Labute approximate surface area is 199 Å². The number of nitrogens with zero attached hydrogens (tertiary/aromatic N) is 1. The molecule has 2 aromatic rings. The van der Waals surface area contributed by atoms with E-state index in [9.17, 15) is 9.59 Å². The van der Waals surface area contributed by atoms with Crippen LogP contribution in [0.1, 0.15) is 54.9 Å². The molecule has 2 amide bonds. The van der Waals surface area contributed by atoms with E-state index in [0.29, 0.717) is 6.42 Å². The van der Waals surface area contributed by atoms with Gasteiger partial charge in [0.1, 0.15) is 5.60 Å². The van der Waals surface area contributed by atoms with Crippen molar-refractivity contribution in [2.45, 2.75) is 71.6 Å². The van der Waals surface area contributed by atoms with Gasteiger partial charge in [-0.2, -0.15) is 0 Å². The van der Waals surface area contributed by atoms with Gasteiger partial charge in [-0.15, -0.1) is 0 Å². The van der Waals surface area contributed by atoms with Crippen molar-refractivity contribution >= 4 is 30.7 Å². The van der Waals surface area contributed by atoms with E-state index < -0.39 is 20.0 Å². The number of amides is 2. The second kappa shape index (κ2) is 9.43. The minimum atomic E-state index is -2.77. The number of ether oxygens (including phenoxy) is 1. The monoisotopic (exact) mass is 467 g/mol. The number of carbonyl (C=O) groups is 2. The maximum Gasteiger partial charge on any atom is 0.417 e. The lowest BCUT2D eigenvalue weighted by Gasteiger charge is -2.44. The van der Waals surface area contributed by atoms with Gasteiger partial charge in [-0.1, -0.05) is 88.4 Å². The minimum Gasteiger partial charge on any atom is -0.443 e. The highest BCUT2D eigenvalue weighted by Gasteiger charge is 2.52. The number of imide groups is 1. The molecule has 1 heterocycles. The third-order valence-corrected chi connectivity index (χ3v) is 11.2. The molecule has 0 radical (unpaired) electrons. The van der Waals surface area contributed by atoms with Crippen molar-refractivity contribution in [1.29, 1.82) is 0 Å². The summed E-state index contributed by atoms with van der Waals surface area (Å²) in [5, 5.41) is 2.16. The molecule has 0 aromatic heterocycles. The molecule has 178 valence electrons. The summed E-state index contributed by atoms with van der Waals surface area (Å²) in [6, 6.07) is 20.4. The van der Waals surface area contributed by atoms with E-state index in [1.165, 1.54) is 15.3 Å². The topological polar surface area (TPSA) is 55.8 Å². The third kappa shape index (κ3) is 5.22. The van der Waals surface area contributed by atoms with Crippen molar-refractivity contribution in [2.75, 3.05) is 6.61 Å². The third-order valence-electron chi connectivity index (χ3n) is 6.23. The predicted octanol–water partition coefficient (Wildman–Crippen LogP) is 4.74. The summed E-state index contributed by atoms with van der Waals surface area (Å²) in [5.74, 6) is -0.212. The molecule has 0 N–H and O–H groups in total. The van der Waals surface area contributed by atoms with Crippen molar-refractivity contribution < 1.29 is 18.8 Å². The first-order chi connectivity index (χ1) is 15.4. The van der Waals surface area contributed by atoms with E-state index in [1.807, 2.05) is 64.1 Å². The fourth-order valence-corrected chi connectivity index (χ4v) is 9.28. The molecule has 0 unspecified atom stereocenters. The van der Waals surface area contributed by atoms with Crippen LogP contribution in [-0.4, -0.2) is 43.5 Å². The zero-order chi connectivity index (χ0) is 24.4. The number of likely N-dealkylation sites (tertiary alicyclic amines) is 1. The second-order valence-electron chi connectivity index (χ2n) is 11.0. The number of hydrogen-bond acceptors (Lipinski definition) is 4. The molecule has 1 aliphatic heterocycles. The van der Waals surface area contributed by atoms with Crippen molar-refractivity contribution in [3.05, 3.63) is 60.7 Å². The molecular weight excluding hydrogens is 430 g/mol. The van der Waals surface area contributed by atoms with Gasteiger partial charge < -0.3 is 9.16 Å². The SMILES string of the molecule is C[C@H]1CC(=O)N(C(=O)OC(C)(C)C)[C@@H]1CO[Si](c1ccccc1)(c1ccccc1)C(C)(C)C. The van der Waals surface area contributed by atoms with Crippen LogP contribution in [0.15, 0.2) is 60.7 Å². The Balaban J connectivity index is 2.02. The molecule has 1 fully saturated rings. The molecule has 0 saturated carbocycles. The Morgan fingerprint density at radius 1 is 0.939 bits per heavy atom. The highest BCUT2D eigenvalue weighted by atomic mass is 28.4. The van der Waals surface area contributed by atoms with Gasteiger partial charge in [0.05, 0.1) is 12.6 Å². The average Bonchev–Trinajstić information content (AvgIpc) is 3.01. The molecule has 0 aliphatic carbocycles. The summed E-state index contributed by atoms with van der Waals surface area (Å²) in [6.07, 6.45) is -0.276. The molecule has 6 heteroatoms. The van der Waals surface area contributed by atoms with Gasteiger partial charge >= 0.3 is 6.09 Å². The standard InChI is InChI=1S/C27H37NO4Si/c1-20-18-24(29)28(25(30)32-26(2,3)4)23(20)19-31-33(27(5,6)7,21-14-10-8-11-15-21)22-16-12-9-13-17-22/h8-17,20,23H,18-19H2,1-7H3/t20-,23+/m0/s1. The number of benzene rings is 2. The van der Waals surface area contributed by atoms with E-state index in [1.54, 1.807) is 0 Å². The molecule has 3 rings (SSSR count). The Bertz CT molecular complexity index is 924. The van der Waals surface area contributed by atoms with Crippen LogP contribution in [0.3, 0.4) is 0 Å². The molecule has 0 bridgehead atoms. The van der Waals surface area contributed by atoms with E-state index in [2.05, 4.69) is 45.0 Å². The van der Waals surface area contributed by atoms with Crippen LogP contribution in [0.25, 0.3) is 0 Å². The van der Waals surface area contributed by atoms with Crippen LogP contribution < -0.4 is 10.4 Å². The van der Waals surface area contributed by atoms with Crippen LogP contribution >= 0.6 is 0 Å². The molecule has 2 aromatic carbocycles. The molecule has 2 atom stereocenters. The Morgan fingerprint density at radius 3 is 1.85 bits per heavy atom. The Kier molecular flexibility index (Phi) is 7.20.